The summed E-state index contributed by atoms with van der Waals surface area (Å²) in [7, 11) is 0. The molecule has 0 fully saturated rings. The first kappa shape index (κ1) is 14.4. The van der Waals surface area contributed by atoms with Crippen LogP contribution in [0, 0.1) is 20.6 Å². The molecule has 20 heavy (non-hydrogen) atoms. The third-order valence-electron chi connectivity index (χ3n) is 2.50. The van der Waals surface area contributed by atoms with Crippen LogP contribution in [-0.2, 0) is 0 Å². The molecule has 1 aromatic heterocycles. The summed E-state index contributed by atoms with van der Waals surface area (Å²) in [6.07, 6.45) is 0. The fourth-order valence-corrected chi connectivity index (χ4v) is 2.15. The van der Waals surface area contributed by atoms with E-state index in [4.69, 9.17) is 5.84 Å². The first-order valence-corrected chi connectivity index (χ1v) is 6.62. The number of nitro groups is 1. The number of aromatic nitrogens is 2. The zero-order valence-corrected chi connectivity index (χ0v) is 12.6. The molecule has 1 aromatic carbocycles. The molecule has 0 spiro atoms. The van der Waals surface area contributed by atoms with Crippen LogP contribution in [-0.4, -0.2) is 14.9 Å². The van der Waals surface area contributed by atoms with Gasteiger partial charge in [-0.25, -0.2) is 10.8 Å². The molecular weight excluding hydrogens is 375 g/mol. The monoisotopic (exact) mass is 386 g/mol. The highest BCUT2D eigenvalue weighted by Gasteiger charge is 2.22. The van der Waals surface area contributed by atoms with E-state index in [-0.39, 0.29) is 23.1 Å². The zero-order chi connectivity index (χ0) is 14.7. The van der Waals surface area contributed by atoms with E-state index in [0.29, 0.717) is 0 Å². The second-order valence-electron chi connectivity index (χ2n) is 3.84. The molecule has 0 atom stereocenters. The molecule has 0 aliphatic rings. The van der Waals surface area contributed by atoms with E-state index in [0.717, 1.165) is 9.26 Å². The Morgan fingerprint density at radius 1 is 1.35 bits per heavy atom. The number of para-hydroxylation sites is 1. The fraction of sp³-hybridized carbons (Fsp3) is 0.0909. The molecular formula is C11H11IN6O2. The number of halogens is 1. The summed E-state index contributed by atoms with van der Waals surface area (Å²) in [4.78, 5) is 18.5. The molecule has 0 saturated carbocycles. The number of rotatable bonds is 4. The van der Waals surface area contributed by atoms with Gasteiger partial charge in [0.2, 0.25) is 11.8 Å². The van der Waals surface area contributed by atoms with Crippen molar-refractivity contribution in [2.24, 2.45) is 5.84 Å². The molecule has 8 nitrogen and oxygen atoms in total. The van der Waals surface area contributed by atoms with E-state index < -0.39 is 4.92 Å². The van der Waals surface area contributed by atoms with E-state index in [1.807, 2.05) is 18.2 Å². The number of hydrogen-bond acceptors (Lipinski definition) is 7. The van der Waals surface area contributed by atoms with Crippen molar-refractivity contribution in [3.8, 4) is 0 Å². The van der Waals surface area contributed by atoms with Crippen molar-refractivity contribution in [2.75, 3.05) is 10.7 Å². The van der Waals surface area contributed by atoms with Crippen LogP contribution in [0.25, 0.3) is 0 Å². The summed E-state index contributed by atoms with van der Waals surface area (Å²) in [5.41, 5.74) is 3.06. The first-order valence-electron chi connectivity index (χ1n) is 5.54. The Bertz CT molecular complexity index is 663. The number of benzene rings is 1. The highest BCUT2D eigenvalue weighted by molar-refractivity contribution is 14.1. The number of nitrogens with two attached hydrogens (primary N) is 1. The van der Waals surface area contributed by atoms with Crippen LogP contribution in [0.2, 0.25) is 0 Å². The van der Waals surface area contributed by atoms with Gasteiger partial charge in [0.25, 0.3) is 0 Å². The van der Waals surface area contributed by atoms with Gasteiger partial charge in [0.05, 0.1) is 10.6 Å². The average Bonchev–Trinajstić information content (AvgIpc) is 2.40. The van der Waals surface area contributed by atoms with Gasteiger partial charge in [-0.2, -0.15) is 4.98 Å². The van der Waals surface area contributed by atoms with Crippen molar-refractivity contribution in [1.82, 2.24) is 9.97 Å². The minimum Gasteiger partial charge on any atom is -0.333 e. The molecule has 0 radical (unpaired) electrons. The predicted molar refractivity (Wildman–Crippen MR) is 83.7 cm³/mol. The lowest BCUT2D eigenvalue weighted by Gasteiger charge is -2.10. The van der Waals surface area contributed by atoms with Crippen LogP contribution in [0.1, 0.15) is 5.69 Å². The van der Waals surface area contributed by atoms with Gasteiger partial charge in [0.15, 0.2) is 0 Å². The van der Waals surface area contributed by atoms with Gasteiger partial charge in [-0.1, -0.05) is 12.1 Å². The number of hydrazine groups is 1. The highest BCUT2D eigenvalue weighted by atomic mass is 127. The molecule has 0 saturated heterocycles. The molecule has 104 valence electrons. The van der Waals surface area contributed by atoms with Gasteiger partial charge < -0.3 is 5.32 Å². The van der Waals surface area contributed by atoms with Crippen molar-refractivity contribution < 1.29 is 4.92 Å². The normalized spacial score (nSPS) is 10.2. The van der Waals surface area contributed by atoms with Crippen LogP contribution >= 0.6 is 22.6 Å². The number of aryl methyl sites for hydroxylation is 1. The summed E-state index contributed by atoms with van der Waals surface area (Å²) in [5.74, 6) is 5.47. The van der Waals surface area contributed by atoms with Crippen LogP contribution in [0.4, 0.5) is 23.1 Å². The van der Waals surface area contributed by atoms with Crippen molar-refractivity contribution in [1.29, 1.82) is 0 Å². The topological polar surface area (TPSA) is 119 Å². The van der Waals surface area contributed by atoms with Crippen LogP contribution in [0.5, 0.6) is 0 Å². The number of anilines is 3. The molecule has 0 aliphatic carbocycles. The smallest absolute Gasteiger partial charge is 0.332 e. The average molecular weight is 386 g/mol. The zero-order valence-electron chi connectivity index (χ0n) is 10.4. The molecule has 0 bridgehead atoms. The van der Waals surface area contributed by atoms with E-state index in [9.17, 15) is 10.1 Å². The lowest BCUT2D eigenvalue weighted by Crippen LogP contribution is -2.13. The number of hydrogen-bond donors (Lipinski definition) is 3. The Hall–Kier alpha value is -2.01. The molecule has 2 aromatic rings. The summed E-state index contributed by atoms with van der Waals surface area (Å²) in [6.45, 7) is 1.53. The van der Waals surface area contributed by atoms with Crippen LogP contribution in [0.3, 0.4) is 0 Å². The predicted octanol–water partition coefficient (Wildman–Crippen LogP) is 2.33. The van der Waals surface area contributed by atoms with Gasteiger partial charge in [0, 0.05) is 3.57 Å². The van der Waals surface area contributed by atoms with E-state index in [2.05, 4.69) is 43.3 Å². The second kappa shape index (κ2) is 5.96. The van der Waals surface area contributed by atoms with E-state index >= 15 is 0 Å². The summed E-state index contributed by atoms with van der Waals surface area (Å²) >= 11 is 2.13. The first-order chi connectivity index (χ1) is 9.52. The SMILES string of the molecule is Cc1nc(NN)nc(Nc2ccccc2I)c1[N+](=O)[O-]. The molecule has 2 rings (SSSR count). The van der Waals surface area contributed by atoms with Gasteiger partial charge in [-0.3, -0.25) is 15.5 Å². The minimum absolute atomic E-state index is 0.0968. The lowest BCUT2D eigenvalue weighted by atomic mass is 10.3. The minimum atomic E-state index is -0.520. The lowest BCUT2D eigenvalue weighted by molar-refractivity contribution is -0.385. The van der Waals surface area contributed by atoms with Gasteiger partial charge in [-0.15, -0.1) is 0 Å². The number of nitrogen functional groups attached to an aromatic ring is 1. The maximum atomic E-state index is 11.1. The quantitative estimate of drug-likeness (QED) is 0.319. The molecule has 0 aliphatic heterocycles. The standard InChI is InChI=1S/C11H11IN6O2/c1-6-9(18(19)20)10(16-11(14-6)17-13)15-8-5-3-2-4-7(8)12/h2-5H,13H2,1H3,(H2,14,15,16,17). The fourth-order valence-electron chi connectivity index (χ4n) is 1.63. The third-order valence-corrected chi connectivity index (χ3v) is 3.44. The van der Waals surface area contributed by atoms with Crippen molar-refractivity contribution in [2.45, 2.75) is 6.92 Å². The second-order valence-corrected chi connectivity index (χ2v) is 5.00. The van der Waals surface area contributed by atoms with Gasteiger partial charge >= 0.3 is 5.69 Å². The molecule has 4 N–H and O–H groups in total. The van der Waals surface area contributed by atoms with E-state index in [1.54, 1.807) is 6.07 Å². The molecule has 0 amide bonds. The van der Waals surface area contributed by atoms with E-state index in [1.165, 1.54) is 6.92 Å². The maximum absolute atomic E-state index is 11.1. The summed E-state index contributed by atoms with van der Waals surface area (Å²) in [6, 6.07) is 7.38. The number of nitrogens with one attached hydrogen (secondary N) is 2. The van der Waals surface area contributed by atoms with Crippen molar-refractivity contribution >= 4 is 45.7 Å². The van der Waals surface area contributed by atoms with Crippen molar-refractivity contribution in [3.05, 3.63) is 43.6 Å². The Morgan fingerprint density at radius 3 is 2.65 bits per heavy atom. The van der Waals surface area contributed by atoms with Crippen LogP contribution in [0.15, 0.2) is 24.3 Å². The number of nitrogens with zero attached hydrogens (tertiary/aromatic N) is 3. The maximum Gasteiger partial charge on any atom is 0.332 e. The highest BCUT2D eigenvalue weighted by Crippen LogP contribution is 2.30. The van der Waals surface area contributed by atoms with Crippen molar-refractivity contribution in [3.63, 3.8) is 0 Å². The summed E-state index contributed by atoms with van der Waals surface area (Å²) in [5, 5.41) is 14.1. The van der Waals surface area contributed by atoms with Crippen LogP contribution < -0.4 is 16.6 Å². The Morgan fingerprint density at radius 2 is 2.05 bits per heavy atom. The molecule has 9 heteroatoms. The Kier molecular flexibility index (Phi) is 4.29. The Labute approximate surface area is 128 Å². The van der Waals surface area contributed by atoms with Gasteiger partial charge in [0.1, 0.15) is 5.69 Å². The molecule has 0 unspecified atom stereocenters. The summed E-state index contributed by atoms with van der Waals surface area (Å²) < 4.78 is 0.915. The molecule has 1 heterocycles. The Balaban J connectivity index is 2.52. The third kappa shape index (κ3) is 2.93. The van der Waals surface area contributed by atoms with Gasteiger partial charge in [-0.05, 0) is 41.6 Å². The largest absolute Gasteiger partial charge is 0.333 e.